The fourth-order valence-electron chi connectivity index (χ4n) is 2.10. The first-order valence-corrected chi connectivity index (χ1v) is 7.66. The zero-order chi connectivity index (χ0) is 12.9. The summed E-state index contributed by atoms with van der Waals surface area (Å²) in [6.07, 6.45) is 0. The molecule has 0 aliphatic heterocycles. The number of hydrogen-bond acceptors (Lipinski definition) is 0. The first-order valence-electron chi connectivity index (χ1n) is 6.32. The molecule has 0 unspecified atom stereocenters. The maximum Gasteiger partial charge on any atom is 0 e. The van der Waals surface area contributed by atoms with E-state index in [-0.39, 0.29) is 40.2 Å². The van der Waals surface area contributed by atoms with E-state index in [0.717, 1.165) is 0 Å². The van der Waals surface area contributed by atoms with Crippen molar-refractivity contribution >= 4 is 47.7 Å². The molecule has 0 heterocycles. The van der Waals surface area contributed by atoms with Gasteiger partial charge in [-0.25, -0.2) is 0 Å². The Labute approximate surface area is 154 Å². The molecule has 0 bridgehead atoms. The van der Waals surface area contributed by atoms with Crippen LogP contribution in [0.1, 0.15) is 16.3 Å². The number of hydrogen-bond donors (Lipinski definition) is 0. The third-order valence-electron chi connectivity index (χ3n) is 2.96. The summed E-state index contributed by atoms with van der Waals surface area (Å²) < 4.78 is 0. The van der Waals surface area contributed by atoms with Crippen LogP contribution in [-0.4, -0.2) is 23.9 Å². The smallest absolute Gasteiger partial charge is 0 e. The molecule has 0 saturated heterocycles. The molecule has 0 atom stereocenters. The zero-order valence-corrected chi connectivity index (χ0v) is 14.8. The van der Waals surface area contributed by atoms with Gasteiger partial charge in [-0.2, -0.15) is 0 Å². The summed E-state index contributed by atoms with van der Waals surface area (Å²) in [5.41, 5.74) is 0. The Morgan fingerprint density at radius 3 is 1.50 bits per heavy atom. The van der Waals surface area contributed by atoms with Gasteiger partial charge in [0.05, 0.1) is 0 Å². The first kappa shape index (κ1) is 20.9. The van der Waals surface area contributed by atoms with E-state index in [2.05, 4.69) is 78.9 Å². The van der Waals surface area contributed by atoms with E-state index >= 15 is 0 Å². The van der Waals surface area contributed by atoms with Crippen molar-refractivity contribution in [3.05, 3.63) is 91.0 Å². The van der Waals surface area contributed by atoms with Crippen LogP contribution in [-0.2, 0) is 0 Å². The largest absolute Gasteiger partial charge is 0.0776 e. The van der Waals surface area contributed by atoms with Crippen molar-refractivity contribution in [2.75, 3.05) is 0 Å². The van der Waals surface area contributed by atoms with Crippen molar-refractivity contribution in [1.29, 1.82) is 0 Å². The zero-order valence-electron chi connectivity index (χ0n) is 11.0. The maximum absolute atomic E-state index is 3.39. The summed E-state index contributed by atoms with van der Waals surface area (Å²) in [6.45, 7) is 0. The summed E-state index contributed by atoms with van der Waals surface area (Å²) in [5, 5.41) is 4.01. The monoisotopic (exact) mass is 415 g/mol. The molecule has 3 rings (SSSR count). The standard InChI is InChI=1S/C18H14P.2CH4.Sn.H2/c1-4-10-16(11-5-1)19(17-12-6-2-7-13-17)18-14-8-3-9-15-18;;;;/h1-14H;2*1H4;;1H. The van der Waals surface area contributed by atoms with Gasteiger partial charge in [-0.1, -0.05) is 99.8 Å². The number of rotatable bonds is 3. The molecular formula is C20H24PSn. The minimum atomic E-state index is -0.502. The van der Waals surface area contributed by atoms with Gasteiger partial charge < -0.3 is 0 Å². The molecule has 5 radical (unpaired) electrons. The van der Waals surface area contributed by atoms with E-state index in [0.29, 0.717) is 0 Å². The molecule has 0 amide bonds. The summed E-state index contributed by atoms with van der Waals surface area (Å²) >= 11 is 0. The van der Waals surface area contributed by atoms with E-state index in [4.69, 9.17) is 0 Å². The van der Waals surface area contributed by atoms with Crippen molar-refractivity contribution in [1.82, 2.24) is 0 Å². The molecule has 3 aromatic carbocycles. The second-order valence-corrected chi connectivity index (χ2v) is 6.44. The molecule has 0 saturated carbocycles. The van der Waals surface area contributed by atoms with E-state index in [1.165, 1.54) is 15.9 Å². The van der Waals surface area contributed by atoms with Crippen LogP contribution in [0.5, 0.6) is 0 Å². The van der Waals surface area contributed by atoms with Crippen molar-refractivity contribution in [3.63, 3.8) is 0 Å². The molecule has 0 aliphatic carbocycles. The molecular weight excluding hydrogens is 390 g/mol. The Kier molecular flexibility index (Phi) is 10.1. The first-order chi connectivity index (χ1) is 9.45. The Bertz CT molecular complexity index is 536. The maximum atomic E-state index is 3.39. The molecule has 0 N–H and O–H groups in total. The molecule has 113 valence electrons. The van der Waals surface area contributed by atoms with Gasteiger partial charge in [-0.3, -0.25) is 0 Å². The Balaban J connectivity index is 0. The predicted octanol–water partition coefficient (Wildman–Crippen LogP) is 4.38. The summed E-state index contributed by atoms with van der Waals surface area (Å²) in [6, 6.07) is 33.1. The summed E-state index contributed by atoms with van der Waals surface area (Å²) in [5.74, 6) is 0. The van der Waals surface area contributed by atoms with E-state index in [1.54, 1.807) is 0 Å². The molecule has 0 aromatic heterocycles. The van der Waals surface area contributed by atoms with Gasteiger partial charge in [-0.05, 0) is 29.9 Å². The Hall–Kier alpha value is -1.11. The SMILES string of the molecule is C.C.[HH].[Sn].[c]1ccccc1P(c1ccccc1)c1ccccc1. The van der Waals surface area contributed by atoms with Crippen molar-refractivity contribution in [2.45, 2.75) is 14.9 Å². The molecule has 22 heavy (non-hydrogen) atoms. The normalized spacial score (nSPS) is 9.14. The third-order valence-corrected chi connectivity index (χ3v) is 5.35. The average Bonchev–Trinajstić information content (AvgIpc) is 2.51. The molecule has 2 heteroatoms. The van der Waals surface area contributed by atoms with Crippen LogP contribution in [0.25, 0.3) is 0 Å². The van der Waals surface area contributed by atoms with Crippen molar-refractivity contribution in [3.8, 4) is 0 Å². The van der Waals surface area contributed by atoms with Gasteiger partial charge in [0, 0.05) is 25.3 Å². The van der Waals surface area contributed by atoms with Crippen molar-refractivity contribution in [2.24, 2.45) is 0 Å². The Morgan fingerprint density at radius 1 is 0.636 bits per heavy atom. The van der Waals surface area contributed by atoms with Gasteiger partial charge >= 0.3 is 0 Å². The van der Waals surface area contributed by atoms with Gasteiger partial charge in [-0.15, -0.1) is 0 Å². The number of benzene rings is 3. The topological polar surface area (TPSA) is 0 Å². The quantitative estimate of drug-likeness (QED) is 0.441. The van der Waals surface area contributed by atoms with E-state index in [1.807, 2.05) is 12.1 Å². The second kappa shape index (κ2) is 10.6. The van der Waals surface area contributed by atoms with Gasteiger partial charge in [0.25, 0.3) is 0 Å². The van der Waals surface area contributed by atoms with Crippen LogP contribution >= 0.6 is 7.92 Å². The third kappa shape index (κ3) is 4.97. The molecule has 0 spiro atoms. The Morgan fingerprint density at radius 2 is 1.09 bits per heavy atom. The fourth-order valence-corrected chi connectivity index (χ4v) is 4.34. The van der Waals surface area contributed by atoms with Crippen LogP contribution < -0.4 is 15.9 Å². The molecule has 0 fully saturated rings. The molecule has 0 aliphatic rings. The van der Waals surface area contributed by atoms with Crippen LogP contribution in [0, 0.1) is 6.07 Å². The second-order valence-electron chi connectivity index (χ2n) is 4.25. The average molecular weight is 414 g/mol. The minimum absolute atomic E-state index is 0. The van der Waals surface area contributed by atoms with E-state index < -0.39 is 7.92 Å². The van der Waals surface area contributed by atoms with Crippen LogP contribution in [0.15, 0.2) is 84.9 Å². The van der Waals surface area contributed by atoms with Crippen molar-refractivity contribution < 1.29 is 1.43 Å². The molecule has 3 aromatic rings. The van der Waals surface area contributed by atoms with Gasteiger partial charge in [0.1, 0.15) is 0 Å². The minimum Gasteiger partial charge on any atom is -0.0776 e. The fraction of sp³-hybridized carbons (Fsp3) is 0.100. The van der Waals surface area contributed by atoms with Gasteiger partial charge in [0.15, 0.2) is 0 Å². The van der Waals surface area contributed by atoms with Gasteiger partial charge in [0.2, 0.25) is 0 Å². The summed E-state index contributed by atoms with van der Waals surface area (Å²) in [7, 11) is -0.502. The molecule has 0 nitrogen and oxygen atoms in total. The van der Waals surface area contributed by atoms with Crippen LogP contribution in [0.2, 0.25) is 0 Å². The van der Waals surface area contributed by atoms with Crippen LogP contribution in [0.4, 0.5) is 0 Å². The van der Waals surface area contributed by atoms with E-state index in [9.17, 15) is 0 Å². The van der Waals surface area contributed by atoms with Crippen LogP contribution in [0.3, 0.4) is 0 Å². The predicted molar refractivity (Wildman–Crippen MR) is 105 cm³/mol. The summed E-state index contributed by atoms with van der Waals surface area (Å²) in [4.78, 5) is 0.